The lowest BCUT2D eigenvalue weighted by atomic mass is 9.99. The van der Waals surface area contributed by atoms with E-state index >= 15 is 0 Å². The molecule has 0 aliphatic heterocycles. The number of aliphatic imine (C=N–C) groups is 1. The number of amides is 1. The molecule has 1 aromatic heterocycles. The first kappa shape index (κ1) is 35.6. The summed E-state index contributed by atoms with van der Waals surface area (Å²) in [6, 6.07) is 17.9. The number of aryl methyl sites for hydroxylation is 1. The third-order valence-corrected chi connectivity index (χ3v) is 10.4. The molecule has 1 unspecified atom stereocenters. The van der Waals surface area contributed by atoms with Gasteiger partial charge in [-0.15, -0.1) is 11.3 Å². The van der Waals surface area contributed by atoms with Crippen molar-refractivity contribution < 1.29 is 23.1 Å². The minimum atomic E-state index is -4.01. The second kappa shape index (κ2) is 16.0. The van der Waals surface area contributed by atoms with Crippen LogP contribution in [0.2, 0.25) is 0 Å². The number of aliphatic hydroxyl groups is 1. The highest BCUT2D eigenvalue weighted by molar-refractivity contribution is 7.90. The topological polar surface area (TPSA) is 182 Å². The first-order chi connectivity index (χ1) is 22.4. The molecule has 11 nitrogen and oxygen atoms in total. The minimum absolute atomic E-state index is 0.117. The quantitative estimate of drug-likeness (QED) is 0.0756. The van der Waals surface area contributed by atoms with Gasteiger partial charge in [0, 0.05) is 18.1 Å². The van der Waals surface area contributed by atoms with Crippen molar-refractivity contribution in [3.05, 3.63) is 99.5 Å². The Labute approximate surface area is 280 Å². The smallest absolute Gasteiger partial charge is 0.264 e. The second-order valence-corrected chi connectivity index (χ2v) is 13.8. The molecule has 0 saturated carbocycles. The van der Waals surface area contributed by atoms with E-state index in [1.165, 1.54) is 18.4 Å². The van der Waals surface area contributed by atoms with Gasteiger partial charge >= 0.3 is 0 Å². The fourth-order valence-electron chi connectivity index (χ4n) is 5.38. The average molecular weight is 679 g/mol. The molecule has 0 fully saturated rings. The molecule has 7 N–H and O–H groups in total. The van der Waals surface area contributed by atoms with Crippen molar-refractivity contribution in [2.45, 2.75) is 63.1 Å². The molecule has 4 aromatic rings. The van der Waals surface area contributed by atoms with Crippen molar-refractivity contribution >= 4 is 33.2 Å². The first-order valence-corrected chi connectivity index (χ1v) is 17.5. The lowest BCUT2D eigenvalue weighted by Gasteiger charge is -2.24. The van der Waals surface area contributed by atoms with Crippen molar-refractivity contribution in [2.75, 3.05) is 13.7 Å². The minimum Gasteiger partial charge on any atom is -0.496 e. The van der Waals surface area contributed by atoms with Crippen LogP contribution in [0.25, 0.3) is 11.1 Å². The summed E-state index contributed by atoms with van der Waals surface area (Å²) < 4.78 is 34.1. The molecule has 0 saturated heterocycles. The molecule has 0 aliphatic carbocycles. The van der Waals surface area contributed by atoms with Crippen LogP contribution in [-0.2, 0) is 21.2 Å². The van der Waals surface area contributed by atoms with Gasteiger partial charge in [0.05, 0.1) is 24.1 Å². The fourth-order valence-corrected chi connectivity index (χ4v) is 7.55. The summed E-state index contributed by atoms with van der Waals surface area (Å²) >= 11 is 1.28. The molecule has 0 radical (unpaired) electrons. The van der Waals surface area contributed by atoms with E-state index in [-0.39, 0.29) is 17.4 Å². The summed E-state index contributed by atoms with van der Waals surface area (Å²) in [6.45, 7) is 5.33. The van der Waals surface area contributed by atoms with Crippen molar-refractivity contribution in [1.82, 2.24) is 15.0 Å². The van der Waals surface area contributed by atoms with Crippen LogP contribution >= 0.6 is 11.3 Å². The molecular weight excluding hydrogens is 637 g/mol. The Balaban J connectivity index is 1.39. The summed E-state index contributed by atoms with van der Waals surface area (Å²) in [5.41, 5.74) is 17.1. The number of carbonyl (C=O) groups is 1. The number of nitrogens with zero attached hydrogens (tertiary/aromatic N) is 2. The Morgan fingerprint density at radius 2 is 1.79 bits per heavy atom. The maximum atomic E-state index is 13.2. The van der Waals surface area contributed by atoms with E-state index in [0.29, 0.717) is 46.7 Å². The van der Waals surface area contributed by atoms with Gasteiger partial charge in [0.25, 0.3) is 10.0 Å². The van der Waals surface area contributed by atoms with Gasteiger partial charge in [-0.25, -0.2) is 18.1 Å². The molecule has 250 valence electrons. The maximum absolute atomic E-state index is 13.2. The molecule has 1 amide bonds. The number of thiazole rings is 1. The van der Waals surface area contributed by atoms with Crippen molar-refractivity contribution in [3.63, 3.8) is 0 Å². The highest BCUT2D eigenvalue weighted by Gasteiger charge is 2.27. The van der Waals surface area contributed by atoms with Crippen LogP contribution in [0, 0.1) is 20.8 Å². The molecular formula is C34H42N6O5S2. The Hall–Kier alpha value is -4.30. The molecule has 3 atom stereocenters. The number of ether oxygens (including phenoxy) is 1. The number of sulfonamides is 1. The number of nitrogens with two attached hydrogens (primary N) is 2. The van der Waals surface area contributed by atoms with Gasteiger partial charge in [-0.05, 0) is 79.5 Å². The third-order valence-electron chi connectivity index (χ3n) is 7.90. The molecule has 47 heavy (non-hydrogen) atoms. The summed E-state index contributed by atoms with van der Waals surface area (Å²) in [5.74, 6) is -0.0782. The first-order valence-electron chi connectivity index (χ1n) is 15.2. The lowest BCUT2D eigenvalue weighted by Crippen LogP contribution is -2.48. The Morgan fingerprint density at radius 3 is 2.47 bits per heavy atom. The maximum Gasteiger partial charge on any atom is 0.264 e. The van der Waals surface area contributed by atoms with Gasteiger partial charge in [0.1, 0.15) is 16.9 Å². The lowest BCUT2D eigenvalue weighted by molar-refractivity contribution is -0.124. The van der Waals surface area contributed by atoms with E-state index in [9.17, 15) is 18.3 Å². The summed E-state index contributed by atoms with van der Waals surface area (Å²) in [4.78, 5) is 21.8. The van der Waals surface area contributed by atoms with E-state index < -0.39 is 34.1 Å². The van der Waals surface area contributed by atoms with E-state index in [2.05, 4.69) is 20.0 Å². The van der Waals surface area contributed by atoms with E-state index in [4.69, 9.17) is 16.2 Å². The highest BCUT2D eigenvalue weighted by atomic mass is 32.2. The Morgan fingerprint density at radius 1 is 1.06 bits per heavy atom. The van der Waals surface area contributed by atoms with E-state index in [0.717, 1.165) is 16.7 Å². The Kier molecular flexibility index (Phi) is 12.1. The molecule has 0 bridgehead atoms. The second-order valence-electron chi connectivity index (χ2n) is 11.3. The molecule has 0 aliphatic rings. The SMILES string of the molecule is COc1cc(C)c(S(=O)(=O)NC(N)=NCCC[C@H](NC(=O)[C@@H](N)Cc2cccc(-c3ccccc3)c2)C(O)c2nccs2)c(C)c1C. The number of hydrogen-bond donors (Lipinski definition) is 5. The number of benzene rings is 3. The summed E-state index contributed by atoms with van der Waals surface area (Å²) in [6.07, 6.45) is 1.50. The van der Waals surface area contributed by atoms with Gasteiger partial charge < -0.3 is 26.6 Å². The van der Waals surface area contributed by atoms with Crippen LogP contribution in [0.3, 0.4) is 0 Å². The molecule has 1 heterocycles. The summed E-state index contributed by atoms with van der Waals surface area (Å²) in [5, 5.41) is 16.2. The molecule has 0 spiro atoms. The van der Waals surface area contributed by atoms with Crippen molar-refractivity contribution in [2.24, 2.45) is 16.5 Å². The van der Waals surface area contributed by atoms with Gasteiger partial charge in [-0.2, -0.15) is 0 Å². The van der Waals surface area contributed by atoms with Gasteiger partial charge in [0.15, 0.2) is 0 Å². The van der Waals surface area contributed by atoms with E-state index in [1.54, 1.807) is 38.4 Å². The van der Waals surface area contributed by atoms with Crippen LogP contribution in [0.4, 0.5) is 0 Å². The standard InChI is InChI=1S/C34H42N6O5S2/c1-21-18-29(45-4)22(2)23(3)31(21)47(43,44)40-34(36)38-15-9-14-28(30(41)33-37-16-17-46-33)39-32(42)27(35)20-24-10-8-13-26(19-24)25-11-6-5-7-12-25/h5-8,10-13,16-19,27-28,30,41H,9,14-15,20,35H2,1-4H3,(H,39,42)(H3,36,38,40)/t27-,28-,30?/m0/s1. The third kappa shape index (κ3) is 9.16. The molecule has 3 aromatic carbocycles. The Bertz CT molecular complexity index is 1800. The molecule has 4 rings (SSSR count). The van der Waals surface area contributed by atoms with Crippen LogP contribution in [0.5, 0.6) is 5.75 Å². The predicted octanol–water partition coefficient (Wildman–Crippen LogP) is 3.91. The zero-order chi connectivity index (χ0) is 34.1. The van der Waals surface area contributed by atoms with Crippen molar-refractivity contribution in [3.8, 4) is 16.9 Å². The van der Waals surface area contributed by atoms with Gasteiger partial charge in [-0.1, -0.05) is 54.6 Å². The van der Waals surface area contributed by atoms with Gasteiger partial charge in [-0.3, -0.25) is 9.79 Å². The van der Waals surface area contributed by atoms with Crippen LogP contribution in [0.1, 0.15) is 46.2 Å². The number of aromatic nitrogens is 1. The largest absolute Gasteiger partial charge is 0.496 e. The number of guanidine groups is 1. The zero-order valence-corrected chi connectivity index (χ0v) is 28.6. The number of methoxy groups -OCH3 is 1. The summed E-state index contributed by atoms with van der Waals surface area (Å²) in [7, 11) is -2.48. The molecule has 13 heteroatoms. The number of nitrogens with one attached hydrogen (secondary N) is 2. The monoisotopic (exact) mass is 678 g/mol. The number of rotatable bonds is 14. The number of aliphatic hydroxyl groups excluding tert-OH is 1. The number of carbonyl (C=O) groups excluding carboxylic acids is 1. The zero-order valence-electron chi connectivity index (χ0n) is 26.9. The van der Waals surface area contributed by atoms with E-state index in [1.807, 2.05) is 54.6 Å². The predicted molar refractivity (Wildman–Crippen MR) is 186 cm³/mol. The van der Waals surface area contributed by atoms with Gasteiger partial charge in [0.2, 0.25) is 11.9 Å². The number of hydrogen-bond acceptors (Lipinski definition) is 9. The highest BCUT2D eigenvalue weighted by Crippen LogP contribution is 2.30. The fraction of sp³-hybridized carbons (Fsp3) is 0.324. The average Bonchev–Trinajstić information content (AvgIpc) is 3.59. The van der Waals surface area contributed by atoms with Crippen molar-refractivity contribution in [1.29, 1.82) is 0 Å². The van der Waals surface area contributed by atoms with Crippen LogP contribution < -0.4 is 26.2 Å². The van der Waals surface area contributed by atoms with Crippen LogP contribution in [-0.4, -0.2) is 56.1 Å². The van der Waals surface area contributed by atoms with Crippen LogP contribution in [0.15, 0.2) is 82.1 Å². The normalized spacial score (nSPS) is 13.9.